The van der Waals surface area contributed by atoms with Gasteiger partial charge in [0.1, 0.15) is 5.65 Å². The van der Waals surface area contributed by atoms with Crippen molar-refractivity contribution in [3.05, 3.63) is 32.6 Å². The van der Waals surface area contributed by atoms with Gasteiger partial charge in [-0.2, -0.15) is 0 Å². The van der Waals surface area contributed by atoms with E-state index in [0.717, 1.165) is 6.20 Å². The van der Waals surface area contributed by atoms with Crippen molar-refractivity contribution in [2.75, 3.05) is 0 Å². The molecule has 0 aliphatic carbocycles. The Bertz CT molecular complexity index is 1120. The molecule has 0 saturated carbocycles. The summed E-state index contributed by atoms with van der Waals surface area (Å²) in [5.74, 6) is 0. The molecule has 0 radical (unpaired) electrons. The lowest BCUT2D eigenvalue weighted by atomic mass is 10.2. The molecule has 116 valence electrons. The zero-order valence-electron chi connectivity index (χ0n) is 22.4. The van der Waals surface area contributed by atoms with E-state index in [0.29, 0.717) is 9.13 Å². The predicted molar refractivity (Wildman–Crippen MR) is 82.7 cm³/mol. The highest BCUT2D eigenvalue weighted by atomic mass is 16.3. The first-order valence-electron chi connectivity index (χ1n) is 11.8. The third-order valence-corrected chi connectivity index (χ3v) is 3.16. The van der Waals surface area contributed by atoms with E-state index in [9.17, 15) is 14.7 Å². The lowest BCUT2D eigenvalue weighted by Gasteiger charge is -2.10. The molecule has 0 amide bonds. The molecule has 0 saturated heterocycles. The van der Waals surface area contributed by atoms with Gasteiger partial charge < -0.3 is 9.67 Å². The van der Waals surface area contributed by atoms with Crippen molar-refractivity contribution >= 4 is 11.0 Å². The van der Waals surface area contributed by atoms with E-state index in [1.807, 2.05) is 0 Å². The van der Waals surface area contributed by atoms with Crippen LogP contribution in [0.15, 0.2) is 15.8 Å². The number of aliphatic hydroxyl groups excluding tert-OH is 1. The molecule has 0 spiro atoms. The molecule has 1 unspecified atom stereocenters. The Balaban J connectivity index is 2.62. The summed E-state index contributed by atoms with van der Waals surface area (Å²) in [6, 6.07) is 0. The first-order chi connectivity index (χ1) is 14.2. The lowest BCUT2D eigenvalue weighted by molar-refractivity contribution is 0.180. The average Bonchev–Trinajstić information content (AvgIpc) is 2.92. The van der Waals surface area contributed by atoms with Crippen molar-refractivity contribution < 1.29 is 20.2 Å². The molecule has 6 heteroatoms. The molecule has 0 bridgehead atoms. The van der Waals surface area contributed by atoms with Gasteiger partial charge in [-0.1, -0.05) is 0 Å². The maximum absolute atomic E-state index is 13.0. The molecule has 2 heterocycles. The van der Waals surface area contributed by atoms with Gasteiger partial charge in [-0.05, 0) is 38.6 Å². The van der Waals surface area contributed by atoms with Gasteiger partial charge in [0.25, 0.3) is 5.56 Å². The molecule has 6 nitrogen and oxygen atoms in total. The zero-order chi connectivity index (χ0) is 25.0. The highest BCUT2D eigenvalue weighted by molar-refractivity contribution is 5.79. The number of hydrogen-bond donors (Lipinski definition) is 1. The smallest absolute Gasteiger partial charge is 0.332 e. The Kier molecular flexibility index (Phi) is 1.83. The van der Waals surface area contributed by atoms with E-state index < -0.39 is 63.1 Å². The van der Waals surface area contributed by atoms with Gasteiger partial charge in [-0.15, -0.1) is 0 Å². The summed E-state index contributed by atoms with van der Waals surface area (Å²) in [6.45, 7) is -8.08. The quantitative estimate of drug-likeness (QED) is 0.892. The average molecular weight is 304 g/mol. The van der Waals surface area contributed by atoms with Crippen LogP contribution >= 0.6 is 0 Å². The zero-order valence-corrected chi connectivity index (χ0v) is 11.4. The largest absolute Gasteiger partial charge is 0.393 e. The van der Waals surface area contributed by atoms with Crippen molar-refractivity contribution in [3.8, 4) is 0 Å². The summed E-state index contributed by atoms with van der Waals surface area (Å²) < 4.78 is 84.3. The maximum Gasteiger partial charge on any atom is 0.332 e. The summed E-state index contributed by atoms with van der Waals surface area (Å²) in [4.78, 5) is 25.9. The predicted octanol–water partition coefficient (Wildman–Crippen LogP) is 0.898. The molecule has 2 aromatic rings. The molecule has 2 rings (SSSR count). The van der Waals surface area contributed by atoms with Crippen LogP contribution in [-0.2, 0) is 20.5 Å². The van der Waals surface area contributed by atoms with Crippen molar-refractivity contribution in [2.24, 2.45) is 14.0 Å². The van der Waals surface area contributed by atoms with Gasteiger partial charge in [0.2, 0.25) is 0 Å². The minimum atomic E-state index is -3.13. The van der Waals surface area contributed by atoms with Gasteiger partial charge in [0, 0.05) is 41.8 Å². The highest BCUT2D eigenvalue weighted by Gasteiger charge is 2.15. The fourth-order valence-corrected chi connectivity index (χ4v) is 2.21. The molecule has 1 atom stereocenters. The van der Waals surface area contributed by atoms with Crippen LogP contribution in [0.1, 0.15) is 46.7 Å². The topological polar surface area (TPSA) is 69.2 Å². The van der Waals surface area contributed by atoms with E-state index >= 15 is 0 Å². The number of fused-ring (bicyclic) bond motifs is 1. The number of aryl methyl sites for hydroxylation is 3. The van der Waals surface area contributed by atoms with Crippen LogP contribution in [0, 0.1) is 6.92 Å². The summed E-state index contributed by atoms with van der Waals surface area (Å²) in [5.41, 5.74) is -2.73. The molecule has 0 aliphatic heterocycles. The number of hydrogen-bond acceptors (Lipinski definition) is 3. The summed E-state index contributed by atoms with van der Waals surface area (Å²) in [6.07, 6.45) is -4.64. The van der Waals surface area contributed by atoms with Crippen LogP contribution in [0.2, 0.25) is 0 Å². The molecule has 21 heavy (non-hydrogen) atoms. The second-order valence-corrected chi connectivity index (χ2v) is 4.67. The fourth-order valence-electron chi connectivity index (χ4n) is 2.21. The number of aromatic nitrogens is 3. The minimum Gasteiger partial charge on any atom is -0.393 e. The van der Waals surface area contributed by atoms with Crippen LogP contribution in [0.25, 0.3) is 11.0 Å². The second kappa shape index (κ2) is 5.89. The molecule has 0 fully saturated rings. The van der Waals surface area contributed by atoms with Crippen molar-refractivity contribution in [1.29, 1.82) is 0 Å². The van der Waals surface area contributed by atoms with Gasteiger partial charge in [-0.3, -0.25) is 13.9 Å². The first-order valence-corrected chi connectivity index (χ1v) is 6.28. The maximum atomic E-state index is 13.0. The van der Waals surface area contributed by atoms with Crippen molar-refractivity contribution in [2.45, 2.75) is 45.6 Å². The third kappa shape index (κ3) is 2.81. The minimum absolute atomic E-state index is 0.126. The third-order valence-electron chi connectivity index (χ3n) is 3.16. The number of rotatable bonds is 5. The highest BCUT2D eigenvalue weighted by Crippen LogP contribution is 2.14. The SMILES string of the molecule is [2H]C([2H])([2H])C(O)C([2H])([2H])CCCn1c(=O)c2c(C)cn(C([2H])([2H])[2H])c2n(C([2H])([2H])[2H])c1=O. The number of nitrogens with zero attached hydrogens (tertiary/aromatic N) is 3. The van der Waals surface area contributed by atoms with E-state index in [4.69, 9.17) is 15.1 Å². The van der Waals surface area contributed by atoms with Crippen molar-refractivity contribution in [1.82, 2.24) is 13.7 Å². The monoisotopic (exact) mass is 304 g/mol. The second-order valence-electron chi connectivity index (χ2n) is 4.67. The van der Waals surface area contributed by atoms with Gasteiger partial charge in [-0.25, -0.2) is 4.79 Å². The molecule has 0 aliphatic rings. The summed E-state index contributed by atoms with van der Waals surface area (Å²) >= 11 is 0. The summed E-state index contributed by atoms with van der Waals surface area (Å²) in [5, 5.41) is 9.44. The molecule has 2 aromatic heterocycles. The Morgan fingerprint density at radius 2 is 2.19 bits per heavy atom. The number of aliphatic hydroxyl groups is 1. The van der Waals surface area contributed by atoms with E-state index in [1.54, 1.807) is 0 Å². The van der Waals surface area contributed by atoms with Crippen LogP contribution in [0.5, 0.6) is 0 Å². The molecule has 1 N–H and O–H groups in total. The summed E-state index contributed by atoms with van der Waals surface area (Å²) in [7, 11) is 0. The standard InChI is InChI=1S/C15H23N3O3/c1-10-9-16(3)13-12(10)14(20)18(15(21)17(13)4)8-6-5-7-11(2)19/h9,11,19H,5-8H2,1-4H3/i2D3,3D3,4D3,7D2. The van der Waals surface area contributed by atoms with Crippen LogP contribution < -0.4 is 11.2 Å². The van der Waals surface area contributed by atoms with Gasteiger partial charge in [0.15, 0.2) is 0 Å². The Morgan fingerprint density at radius 1 is 1.38 bits per heavy atom. The molecular formula is C15H23N3O3. The fraction of sp³-hybridized carbons (Fsp3) is 0.600. The Labute approximate surface area is 138 Å². The van der Waals surface area contributed by atoms with Crippen LogP contribution in [0.4, 0.5) is 0 Å². The lowest BCUT2D eigenvalue weighted by Crippen LogP contribution is -2.39. The van der Waals surface area contributed by atoms with Crippen molar-refractivity contribution in [3.63, 3.8) is 0 Å². The van der Waals surface area contributed by atoms with E-state index in [2.05, 4.69) is 0 Å². The van der Waals surface area contributed by atoms with Crippen LogP contribution in [-0.4, -0.2) is 24.9 Å². The van der Waals surface area contributed by atoms with Crippen LogP contribution in [0.3, 0.4) is 0 Å². The van der Waals surface area contributed by atoms with Gasteiger partial charge >= 0.3 is 5.69 Å². The Morgan fingerprint density at radius 3 is 2.86 bits per heavy atom. The van der Waals surface area contributed by atoms with E-state index in [1.165, 1.54) is 6.92 Å². The normalized spacial score (nSPS) is 23.2. The van der Waals surface area contributed by atoms with Gasteiger partial charge in [0.05, 0.1) is 11.5 Å². The molecule has 0 aromatic carbocycles. The first kappa shape index (κ1) is 6.52. The Hall–Kier alpha value is -1.82. The molecular weight excluding hydrogens is 270 g/mol. The van der Waals surface area contributed by atoms with E-state index in [-0.39, 0.29) is 21.9 Å².